The van der Waals surface area contributed by atoms with Crippen LogP contribution in [0.4, 0.5) is 0 Å². The predicted molar refractivity (Wildman–Crippen MR) is 177 cm³/mol. The van der Waals surface area contributed by atoms with Gasteiger partial charge in [0.15, 0.2) is 6.20 Å². The number of benzene rings is 4. The van der Waals surface area contributed by atoms with Gasteiger partial charge in [0.05, 0.1) is 10.9 Å². The van der Waals surface area contributed by atoms with E-state index in [4.69, 9.17) is 4.74 Å². The molecule has 4 aromatic carbocycles. The lowest BCUT2D eigenvalue weighted by Gasteiger charge is -2.26. The van der Waals surface area contributed by atoms with Gasteiger partial charge in [0.25, 0.3) is 5.88 Å². The molecule has 1 spiro atoms. The van der Waals surface area contributed by atoms with E-state index in [2.05, 4.69) is 129 Å². The second kappa shape index (κ2) is 6.82. The molecular formula is C41H23N3O+2. The Hall–Kier alpha value is -5.74. The molecule has 206 valence electrons. The SMILES string of the molecule is C1=Cc2c3c(ccc4c3c(c3c5ccc6[n+]7c5n5c(c8ccccc8c5c23)C72c3c(cccc3-c3cccc[n+]32)O6)CC=C4)C1. The van der Waals surface area contributed by atoms with Crippen molar-refractivity contribution in [2.45, 2.75) is 18.5 Å². The van der Waals surface area contributed by atoms with E-state index in [-0.39, 0.29) is 0 Å². The Bertz CT molecular complexity index is 2910. The minimum absolute atomic E-state index is 0.610. The second-order valence-corrected chi connectivity index (χ2v) is 13.2. The van der Waals surface area contributed by atoms with Crippen LogP contribution in [0.2, 0.25) is 0 Å². The smallest absolute Gasteiger partial charge is 0.407 e. The highest BCUT2D eigenvalue weighted by atomic mass is 16.5. The number of ether oxygens (including phenoxy) is 1. The summed E-state index contributed by atoms with van der Waals surface area (Å²) in [4.78, 5) is 0. The highest BCUT2D eigenvalue weighted by molar-refractivity contribution is 6.28. The normalized spacial score (nSPS) is 18.6. The van der Waals surface area contributed by atoms with Gasteiger partial charge in [-0.05, 0) is 82.3 Å². The highest BCUT2D eigenvalue weighted by Crippen LogP contribution is 2.56. The van der Waals surface area contributed by atoms with Crippen LogP contribution >= 0.6 is 0 Å². The summed E-state index contributed by atoms with van der Waals surface area (Å²) in [5.41, 5.74) is 12.5. The molecule has 0 amide bonds. The molecule has 45 heavy (non-hydrogen) atoms. The average molecular weight is 574 g/mol. The summed E-state index contributed by atoms with van der Waals surface area (Å²) in [6, 6.07) is 31.5. The van der Waals surface area contributed by atoms with Gasteiger partial charge in [-0.3, -0.25) is 0 Å². The van der Waals surface area contributed by atoms with Gasteiger partial charge < -0.3 is 4.74 Å². The lowest BCUT2D eigenvalue weighted by Crippen LogP contribution is -2.72. The molecule has 4 heteroatoms. The maximum Gasteiger partial charge on any atom is 0.407 e. The fourth-order valence-corrected chi connectivity index (χ4v) is 9.97. The third kappa shape index (κ3) is 2.06. The van der Waals surface area contributed by atoms with Crippen LogP contribution in [0.25, 0.3) is 72.3 Å². The lowest BCUT2D eigenvalue weighted by molar-refractivity contribution is -0.952. The van der Waals surface area contributed by atoms with Crippen molar-refractivity contribution in [3.05, 3.63) is 137 Å². The quantitative estimate of drug-likeness (QED) is 0.102. The minimum Gasteiger partial charge on any atom is -0.422 e. The lowest BCUT2D eigenvalue weighted by atomic mass is 9.80. The van der Waals surface area contributed by atoms with E-state index in [9.17, 15) is 0 Å². The maximum atomic E-state index is 6.85. The van der Waals surface area contributed by atoms with Crippen LogP contribution in [0.5, 0.6) is 11.6 Å². The number of pyridine rings is 3. The summed E-state index contributed by atoms with van der Waals surface area (Å²) in [5, 5.41) is 9.52. The Kier molecular flexibility index (Phi) is 3.31. The van der Waals surface area contributed by atoms with Gasteiger partial charge in [-0.25, -0.2) is 0 Å². The first-order valence-corrected chi connectivity index (χ1v) is 15.9. The second-order valence-electron chi connectivity index (χ2n) is 13.2. The van der Waals surface area contributed by atoms with Crippen molar-refractivity contribution in [3.63, 3.8) is 0 Å². The van der Waals surface area contributed by atoms with Crippen LogP contribution in [-0.4, -0.2) is 4.40 Å². The third-order valence-electron chi connectivity index (χ3n) is 11.4. The van der Waals surface area contributed by atoms with Crippen LogP contribution in [0.3, 0.4) is 0 Å². The Morgan fingerprint density at radius 3 is 2.60 bits per heavy atom. The van der Waals surface area contributed by atoms with Crippen molar-refractivity contribution in [3.8, 4) is 22.9 Å². The van der Waals surface area contributed by atoms with Gasteiger partial charge in [-0.2, -0.15) is 4.40 Å². The Labute approximate surface area is 257 Å². The third-order valence-corrected chi connectivity index (χ3v) is 11.4. The first-order chi connectivity index (χ1) is 22.4. The number of hydrogen-bond donors (Lipinski definition) is 0. The van der Waals surface area contributed by atoms with Crippen LogP contribution < -0.4 is 13.9 Å². The number of aromatic nitrogens is 3. The molecule has 8 aromatic rings. The molecule has 0 saturated carbocycles. The first kappa shape index (κ1) is 21.9. The van der Waals surface area contributed by atoms with E-state index in [1.54, 1.807) is 0 Å². The highest BCUT2D eigenvalue weighted by Gasteiger charge is 2.70. The van der Waals surface area contributed by atoms with E-state index in [1.165, 1.54) is 93.6 Å². The Morgan fingerprint density at radius 1 is 0.711 bits per heavy atom. The zero-order valence-electron chi connectivity index (χ0n) is 24.1. The first-order valence-electron chi connectivity index (χ1n) is 15.9. The molecule has 7 heterocycles. The van der Waals surface area contributed by atoms with E-state index in [0.29, 0.717) is 0 Å². The maximum absolute atomic E-state index is 6.85. The van der Waals surface area contributed by atoms with E-state index in [1.807, 2.05) is 0 Å². The van der Waals surface area contributed by atoms with Crippen LogP contribution in [0.1, 0.15) is 33.5 Å². The van der Waals surface area contributed by atoms with Crippen LogP contribution in [0, 0.1) is 0 Å². The predicted octanol–water partition coefficient (Wildman–Crippen LogP) is 7.96. The van der Waals surface area contributed by atoms with Crippen molar-refractivity contribution < 1.29 is 13.9 Å². The summed E-state index contributed by atoms with van der Waals surface area (Å²) in [6.07, 6.45) is 13.6. The molecule has 0 bridgehead atoms. The Morgan fingerprint density at radius 2 is 1.62 bits per heavy atom. The van der Waals surface area contributed by atoms with Gasteiger partial charge in [-0.15, -0.1) is 9.13 Å². The molecule has 13 rings (SSSR count). The number of hydrogen-bond acceptors (Lipinski definition) is 1. The molecule has 4 aromatic heterocycles. The van der Waals surface area contributed by atoms with Crippen molar-refractivity contribution >= 4 is 61.0 Å². The summed E-state index contributed by atoms with van der Waals surface area (Å²) in [5.74, 6) is 1.81. The molecular weight excluding hydrogens is 550 g/mol. The van der Waals surface area contributed by atoms with Crippen molar-refractivity contribution in [1.82, 2.24) is 4.40 Å². The van der Waals surface area contributed by atoms with Crippen molar-refractivity contribution in [2.75, 3.05) is 0 Å². The van der Waals surface area contributed by atoms with Crippen molar-refractivity contribution in [2.24, 2.45) is 0 Å². The van der Waals surface area contributed by atoms with Gasteiger partial charge in [0, 0.05) is 39.7 Å². The van der Waals surface area contributed by atoms with Gasteiger partial charge in [0.2, 0.25) is 11.4 Å². The standard InChI is InChI=1S/C41H23N3O/c1-2-11-25-24(10-1)38-36-28-14-6-9-23-18-17-22-8-5-13-27(33(22)34(23)28)35(36)29-19-20-32-44-40(29)43(38)39(25)41(44)37-26(12-7-16-31(37)45-32)30-15-3-4-21-42(30)41/h1-8,10-12,14-21H,9,13H2/q+2. The van der Waals surface area contributed by atoms with Crippen LogP contribution in [0.15, 0.2) is 103 Å². The molecule has 1 unspecified atom stereocenters. The van der Waals surface area contributed by atoms with Gasteiger partial charge in [-0.1, -0.05) is 54.6 Å². The molecule has 0 N–H and O–H groups in total. The van der Waals surface area contributed by atoms with Gasteiger partial charge >= 0.3 is 11.3 Å². The molecule has 0 radical (unpaired) electrons. The molecule has 1 atom stereocenters. The number of rotatable bonds is 0. The zero-order valence-corrected chi connectivity index (χ0v) is 24.1. The van der Waals surface area contributed by atoms with Crippen LogP contribution in [-0.2, 0) is 18.5 Å². The number of allylic oxidation sites excluding steroid dienone is 2. The Balaban J connectivity index is 1.41. The summed E-state index contributed by atoms with van der Waals surface area (Å²) in [7, 11) is 0. The molecule has 0 saturated heterocycles. The number of nitrogens with zero attached hydrogens (tertiary/aromatic N) is 3. The molecule has 5 aliphatic rings. The van der Waals surface area contributed by atoms with E-state index < -0.39 is 5.66 Å². The largest absolute Gasteiger partial charge is 0.422 e. The summed E-state index contributed by atoms with van der Waals surface area (Å²) in [6.45, 7) is 0. The molecule has 2 aliphatic carbocycles. The monoisotopic (exact) mass is 573 g/mol. The van der Waals surface area contributed by atoms with Gasteiger partial charge in [0.1, 0.15) is 16.8 Å². The van der Waals surface area contributed by atoms with E-state index >= 15 is 0 Å². The summed E-state index contributed by atoms with van der Waals surface area (Å²) < 4.78 is 14.5. The summed E-state index contributed by atoms with van der Waals surface area (Å²) >= 11 is 0. The molecule has 3 aliphatic heterocycles. The van der Waals surface area contributed by atoms with E-state index in [0.717, 1.165) is 24.5 Å². The average Bonchev–Trinajstić information content (AvgIpc) is 3.71. The molecule has 0 fully saturated rings. The molecule has 4 nitrogen and oxygen atoms in total. The van der Waals surface area contributed by atoms with Crippen molar-refractivity contribution in [1.29, 1.82) is 0 Å². The fraction of sp³-hybridized carbons (Fsp3) is 0.0732. The number of fused-ring (bicyclic) bond motifs is 10. The fourth-order valence-electron chi connectivity index (χ4n) is 9.97. The minimum atomic E-state index is -0.610. The topological polar surface area (TPSA) is 21.4 Å². The zero-order chi connectivity index (χ0) is 28.8.